The molecule has 8 heteroatoms. The van der Waals surface area contributed by atoms with Gasteiger partial charge in [-0.25, -0.2) is 19.2 Å². The number of aryl methyl sites for hydroxylation is 2. The summed E-state index contributed by atoms with van der Waals surface area (Å²) in [5, 5.41) is 14.0. The van der Waals surface area contributed by atoms with E-state index < -0.39 is 0 Å². The van der Waals surface area contributed by atoms with Crippen molar-refractivity contribution in [1.29, 1.82) is 0 Å². The predicted molar refractivity (Wildman–Crippen MR) is 125 cm³/mol. The van der Waals surface area contributed by atoms with Gasteiger partial charge in [0.05, 0.1) is 23.6 Å². The van der Waals surface area contributed by atoms with Crippen molar-refractivity contribution in [1.82, 2.24) is 29.4 Å². The van der Waals surface area contributed by atoms with Crippen LogP contribution in [-0.4, -0.2) is 35.3 Å². The average Bonchev–Trinajstić information content (AvgIpc) is 3.35. The van der Waals surface area contributed by atoms with E-state index >= 15 is 0 Å². The summed E-state index contributed by atoms with van der Waals surface area (Å²) in [7, 11) is 0. The summed E-state index contributed by atoms with van der Waals surface area (Å²) in [6, 6.07) is 10.1. The van der Waals surface area contributed by atoms with Gasteiger partial charge in [-0.15, -0.1) is 0 Å². The number of fused-ring (bicyclic) bond motifs is 4. The van der Waals surface area contributed by atoms with Crippen LogP contribution in [0.15, 0.2) is 42.7 Å². The van der Waals surface area contributed by atoms with Crippen molar-refractivity contribution in [3.63, 3.8) is 0 Å². The lowest BCUT2D eigenvalue weighted by Crippen LogP contribution is -2.14. The Hall–Kier alpha value is -3.81. The van der Waals surface area contributed by atoms with Crippen LogP contribution in [-0.2, 0) is 11.2 Å². The molecule has 5 aromatic rings. The minimum atomic E-state index is -0.0630. The van der Waals surface area contributed by atoms with E-state index in [1.165, 1.54) is 0 Å². The number of pyridine rings is 1. The second-order valence-corrected chi connectivity index (χ2v) is 8.38. The van der Waals surface area contributed by atoms with E-state index in [0.29, 0.717) is 18.5 Å². The molecule has 0 atom stereocenters. The van der Waals surface area contributed by atoms with Crippen molar-refractivity contribution in [2.75, 3.05) is 5.32 Å². The number of aromatic nitrogens is 6. The van der Waals surface area contributed by atoms with Crippen LogP contribution in [0, 0.1) is 13.8 Å². The molecule has 0 spiro atoms. The number of benzene rings is 1. The molecule has 1 aromatic carbocycles. The van der Waals surface area contributed by atoms with Gasteiger partial charge in [0.2, 0.25) is 5.91 Å². The maximum Gasteiger partial charge on any atom is 0.224 e. The normalized spacial score (nSPS) is 11.8. The van der Waals surface area contributed by atoms with Crippen LogP contribution >= 0.6 is 0 Å². The lowest BCUT2D eigenvalue weighted by atomic mass is 10.1. The van der Waals surface area contributed by atoms with Crippen molar-refractivity contribution in [2.24, 2.45) is 0 Å². The summed E-state index contributed by atoms with van der Waals surface area (Å²) in [6.45, 7) is 8.15. The van der Waals surface area contributed by atoms with Gasteiger partial charge in [0, 0.05) is 34.6 Å². The Morgan fingerprint density at radius 3 is 2.75 bits per heavy atom. The van der Waals surface area contributed by atoms with Crippen LogP contribution in [0.4, 0.5) is 5.69 Å². The van der Waals surface area contributed by atoms with Gasteiger partial charge < -0.3 is 5.32 Å². The summed E-state index contributed by atoms with van der Waals surface area (Å²) in [6.07, 6.45) is 4.39. The van der Waals surface area contributed by atoms with Crippen LogP contribution in [0.2, 0.25) is 0 Å². The quantitative estimate of drug-likeness (QED) is 0.449. The molecule has 162 valence electrons. The van der Waals surface area contributed by atoms with Gasteiger partial charge in [0.1, 0.15) is 0 Å². The summed E-state index contributed by atoms with van der Waals surface area (Å²) in [4.78, 5) is 21.9. The maximum atomic E-state index is 12.7. The van der Waals surface area contributed by atoms with E-state index in [4.69, 9.17) is 10.1 Å². The molecule has 32 heavy (non-hydrogen) atoms. The first kappa shape index (κ1) is 20.1. The van der Waals surface area contributed by atoms with Crippen molar-refractivity contribution >= 4 is 39.2 Å². The minimum Gasteiger partial charge on any atom is -0.325 e. The third-order valence-electron chi connectivity index (χ3n) is 5.83. The van der Waals surface area contributed by atoms with Gasteiger partial charge >= 0.3 is 0 Å². The summed E-state index contributed by atoms with van der Waals surface area (Å²) in [5.74, 6) is -0.0630. The molecule has 0 aliphatic heterocycles. The van der Waals surface area contributed by atoms with Crippen LogP contribution in [0.25, 0.3) is 27.6 Å². The van der Waals surface area contributed by atoms with E-state index in [1.54, 1.807) is 12.4 Å². The summed E-state index contributed by atoms with van der Waals surface area (Å²) < 4.78 is 3.75. The molecule has 0 saturated carbocycles. The first-order chi connectivity index (χ1) is 15.4. The zero-order valence-corrected chi connectivity index (χ0v) is 18.6. The van der Waals surface area contributed by atoms with Gasteiger partial charge in [-0.1, -0.05) is 12.1 Å². The summed E-state index contributed by atoms with van der Waals surface area (Å²) in [5.41, 5.74) is 6.25. The first-order valence-corrected chi connectivity index (χ1v) is 10.8. The van der Waals surface area contributed by atoms with Crippen LogP contribution < -0.4 is 5.32 Å². The van der Waals surface area contributed by atoms with Gasteiger partial charge in [-0.05, 0) is 57.9 Å². The smallest absolute Gasteiger partial charge is 0.224 e. The monoisotopic (exact) mass is 427 g/mol. The topological polar surface area (TPSA) is 90.0 Å². The molecule has 0 aliphatic rings. The first-order valence-electron chi connectivity index (χ1n) is 10.8. The largest absolute Gasteiger partial charge is 0.325 e. The SMILES string of the molecule is Cc1nc2c3ccccc3nn2c(C)c1CCC(=O)Nc1cnc2c(cnn2C(C)C)c1. The number of hydrogen-bond donors (Lipinski definition) is 1. The summed E-state index contributed by atoms with van der Waals surface area (Å²) >= 11 is 0. The molecule has 0 bridgehead atoms. The third kappa shape index (κ3) is 3.37. The number of amides is 1. The van der Waals surface area contributed by atoms with Crippen LogP contribution in [0.3, 0.4) is 0 Å². The lowest BCUT2D eigenvalue weighted by molar-refractivity contribution is -0.116. The van der Waals surface area contributed by atoms with Crippen molar-refractivity contribution in [3.8, 4) is 0 Å². The number of carbonyl (C=O) groups is 1. The predicted octanol–water partition coefficient (Wildman–Crippen LogP) is 4.40. The number of nitrogens with zero attached hydrogens (tertiary/aromatic N) is 6. The molecular weight excluding hydrogens is 402 g/mol. The number of rotatable bonds is 5. The molecule has 0 unspecified atom stereocenters. The van der Waals surface area contributed by atoms with Gasteiger partial charge in [-0.2, -0.15) is 10.2 Å². The number of carbonyl (C=O) groups excluding carboxylic acids is 1. The second kappa shape index (κ2) is 7.71. The zero-order chi connectivity index (χ0) is 22.4. The zero-order valence-electron chi connectivity index (χ0n) is 18.6. The van der Waals surface area contributed by atoms with Crippen molar-refractivity contribution < 1.29 is 4.79 Å². The minimum absolute atomic E-state index is 0.0630. The third-order valence-corrected chi connectivity index (χ3v) is 5.83. The molecule has 0 radical (unpaired) electrons. The molecule has 1 N–H and O–H groups in total. The highest BCUT2D eigenvalue weighted by Gasteiger charge is 2.15. The Morgan fingerprint density at radius 2 is 1.94 bits per heavy atom. The Morgan fingerprint density at radius 1 is 1.12 bits per heavy atom. The van der Waals surface area contributed by atoms with E-state index in [2.05, 4.69) is 29.2 Å². The second-order valence-electron chi connectivity index (χ2n) is 8.38. The number of nitrogens with one attached hydrogen (secondary N) is 1. The maximum absolute atomic E-state index is 12.7. The fraction of sp³-hybridized carbons (Fsp3) is 0.292. The van der Waals surface area contributed by atoms with Crippen LogP contribution in [0.5, 0.6) is 0 Å². The molecule has 4 heterocycles. The van der Waals surface area contributed by atoms with E-state index in [9.17, 15) is 4.79 Å². The molecule has 0 saturated heterocycles. The van der Waals surface area contributed by atoms with Gasteiger partial charge in [0.25, 0.3) is 0 Å². The van der Waals surface area contributed by atoms with Gasteiger partial charge in [-0.3, -0.25) is 4.79 Å². The number of hydrogen-bond acceptors (Lipinski definition) is 5. The Balaban J connectivity index is 1.34. The van der Waals surface area contributed by atoms with Crippen molar-refractivity contribution in [3.05, 3.63) is 59.7 Å². The Bertz CT molecular complexity index is 1480. The molecule has 1 amide bonds. The highest BCUT2D eigenvalue weighted by molar-refractivity contribution is 5.93. The van der Waals surface area contributed by atoms with E-state index in [0.717, 1.165) is 44.5 Å². The Kier molecular flexibility index (Phi) is 4.84. The van der Waals surface area contributed by atoms with Crippen LogP contribution in [0.1, 0.15) is 43.3 Å². The average molecular weight is 428 g/mol. The molecule has 5 rings (SSSR count). The van der Waals surface area contributed by atoms with E-state index in [-0.39, 0.29) is 11.9 Å². The highest BCUT2D eigenvalue weighted by Crippen LogP contribution is 2.23. The Labute approximate surface area is 185 Å². The fourth-order valence-electron chi connectivity index (χ4n) is 4.19. The molecular formula is C24H25N7O. The highest BCUT2D eigenvalue weighted by atomic mass is 16.1. The standard InChI is InChI=1S/C24H25N7O/c1-14(2)30-23-17(12-26-30)11-18(13-25-23)28-22(32)10-9-19-15(3)27-24-20-7-5-6-8-21(20)29-31(24)16(19)4/h5-8,11-14H,9-10H2,1-4H3,(H,28,32). The molecule has 8 nitrogen and oxygen atoms in total. The lowest BCUT2D eigenvalue weighted by Gasteiger charge is -2.11. The molecule has 0 aliphatic carbocycles. The van der Waals surface area contributed by atoms with Crippen molar-refractivity contribution in [2.45, 2.75) is 46.6 Å². The number of anilines is 1. The molecule has 4 aromatic heterocycles. The molecule has 0 fully saturated rings. The fourth-order valence-corrected chi connectivity index (χ4v) is 4.19. The van der Waals surface area contributed by atoms with Gasteiger partial charge in [0.15, 0.2) is 11.3 Å². The van der Waals surface area contributed by atoms with E-state index in [1.807, 2.05) is 53.4 Å².